The lowest BCUT2D eigenvalue weighted by Gasteiger charge is -2.39. The van der Waals surface area contributed by atoms with Crippen LogP contribution in [0.4, 0.5) is 13.2 Å². The fraction of sp³-hybridized carbons (Fsp3) is 0.333. The number of carbonyl (C=O) groups is 2. The highest BCUT2D eigenvalue weighted by atomic mass is 19.4. The quantitative estimate of drug-likeness (QED) is 0.140. The summed E-state index contributed by atoms with van der Waals surface area (Å²) in [6.07, 6.45) is -4.84. The Kier molecular flexibility index (Phi) is 11.9. The zero-order valence-electron chi connectivity index (χ0n) is 31.4. The average Bonchev–Trinajstić information content (AvgIpc) is 3.72. The van der Waals surface area contributed by atoms with E-state index in [1.807, 2.05) is 78.9 Å². The van der Waals surface area contributed by atoms with E-state index < -0.39 is 30.3 Å². The molecule has 0 aromatic heterocycles. The molecular formula is C45H46F3N3O5. The van der Waals surface area contributed by atoms with E-state index in [-0.39, 0.29) is 44.4 Å². The van der Waals surface area contributed by atoms with Gasteiger partial charge in [0.2, 0.25) is 5.91 Å². The Morgan fingerprint density at radius 1 is 0.857 bits per heavy atom. The SMILES string of the molecule is C[C@H](c1ccc2ccccc2c1)N(C)C[C@H]1C[C@@H](c2ccc(CO)cc2)O[C@@H](c2ccc(-c3cccc(CNC(=O)[C@@H]4CCCN4C(=O)C(F)(F)F)c3)cc2)O1. The second-order valence-corrected chi connectivity index (χ2v) is 14.8. The Hall–Kier alpha value is -5.07. The topological polar surface area (TPSA) is 91.3 Å². The number of fused-ring (bicyclic) bond motifs is 1. The van der Waals surface area contributed by atoms with Crippen molar-refractivity contribution in [2.24, 2.45) is 0 Å². The summed E-state index contributed by atoms with van der Waals surface area (Å²) >= 11 is 0. The number of aliphatic hydroxyl groups is 1. The van der Waals surface area contributed by atoms with Crippen LogP contribution in [0.25, 0.3) is 21.9 Å². The van der Waals surface area contributed by atoms with E-state index in [0.717, 1.165) is 33.4 Å². The van der Waals surface area contributed by atoms with Crippen molar-refractivity contribution in [1.82, 2.24) is 15.1 Å². The van der Waals surface area contributed by atoms with Crippen LogP contribution in [0.15, 0.2) is 115 Å². The van der Waals surface area contributed by atoms with Crippen molar-refractivity contribution in [3.8, 4) is 11.1 Å². The van der Waals surface area contributed by atoms with E-state index in [9.17, 15) is 27.9 Å². The summed E-state index contributed by atoms with van der Waals surface area (Å²) in [5, 5.41) is 14.8. The molecule has 0 bridgehead atoms. The number of nitrogens with one attached hydrogen (secondary N) is 1. The summed E-state index contributed by atoms with van der Waals surface area (Å²) in [6.45, 7) is 2.86. The molecule has 2 heterocycles. The third-order valence-corrected chi connectivity index (χ3v) is 11.0. The van der Waals surface area contributed by atoms with Crippen LogP contribution in [0, 0.1) is 0 Å². The predicted octanol–water partition coefficient (Wildman–Crippen LogP) is 8.41. The van der Waals surface area contributed by atoms with Crippen molar-refractivity contribution in [3.63, 3.8) is 0 Å². The minimum Gasteiger partial charge on any atom is -0.392 e. The molecule has 5 atom stereocenters. The summed E-state index contributed by atoms with van der Waals surface area (Å²) in [4.78, 5) is 27.6. The first kappa shape index (κ1) is 39.2. The molecule has 2 fully saturated rings. The van der Waals surface area contributed by atoms with Gasteiger partial charge in [-0.1, -0.05) is 103 Å². The second kappa shape index (κ2) is 17.0. The molecule has 8 nitrogen and oxygen atoms in total. The first-order valence-corrected chi connectivity index (χ1v) is 19.0. The maximum absolute atomic E-state index is 13.1. The maximum Gasteiger partial charge on any atom is 0.471 e. The molecule has 2 amide bonds. The standard InChI is InChI=1S/C45H46F3N3O5/c1-29(36-21-18-32-8-3-4-9-38(32)24-36)50(2)27-39-25-41(34-14-12-30(28-52)13-15-34)56-43(55-39)35-19-16-33(17-20-35)37-10-5-7-31(23-37)26-49-42(53)40-11-6-22-51(40)44(54)45(46,47)48/h3-5,7-10,12-21,23-24,29,39-41,43,52H,6,11,22,25-28H2,1-2H3,(H,49,53)/t29-,39-,40+,41+,43+/m1/s1. The van der Waals surface area contributed by atoms with Gasteiger partial charge in [-0.25, -0.2) is 0 Å². The van der Waals surface area contributed by atoms with Crippen molar-refractivity contribution in [2.45, 2.75) is 76.1 Å². The molecule has 292 valence electrons. The molecular weight excluding hydrogens is 720 g/mol. The van der Waals surface area contributed by atoms with E-state index in [2.05, 4.69) is 60.6 Å². The molecule has 0 aliphatic carbocycles. The van der Waals surface area contributed by atoms with Crippen molar-refractivity contribution in [3.05, 3.63) is 143 Å². The van der Waals surface area contributed by atoms with E-state index in [4.69, 9.17) is 9.47 Å². The number of hydrogen-bond acceptors (Lipinski definition) is 6. The van der Waals surface area contributed by atoms with Gasteiger partial charge in [-0.2, -0.15) is 13.2 Å². The van der Waals surface area contributed by atoms with E-state index in [0.29, 0.717) is 24.3 Å². The molecule has 5 aromatic rings. The molecule has 11 heteroatoms. The Balaban J connectivity index is 1.04. The first-order valence-electron chi connectivity index (χ1n) is 19.0. The van der Waals surface area contributed by atoms with Crippen LogP contribution in [0.1, 0.15) is 72.4 Å². The van der Waals surface area contributed by atoms with Gasteiger partial charge in [-0.15, -0.1) is 0 Å². The average molecular weight is 766 g/mol. The summed E-state index contributed by atoms with van der Waals surface area (Å²) in [6, 6.07) is 37.3. The van der Waals surface area contributed by atoms with E-state index in [1.165, 1.54) is 16.3 Å². The van der Waals surface area contributed by atoms with Crippen LogP contribution in [-0.4, -0.2) is 65.2 Å². The fourth-order valence-corrected chi connectivity index (χ4v) is 7.68. The monoisotopic (exact) mass is 765 g/mol. The first-order chi connectivity index (χ1) is 27.0. The molecule has 2 aliphatic heterocycles. The number of ether oxygens (including phenoxy) is 2. The fourth-order valence-electron chi connectivity index (χ4n) is 7.68. The number of halogens is 3. The highest BCUT2D eigenvalue weighted by Crippen LogP contribution is 2.39. The molecule has 0 unspecified atom stereocenters. The zero-order chi connectivity index (χ0) is 39.4. The van der Waals surface area contributed by atoms with Crippen LogP contribution < -0.4 is 5.32 Å². The van der Waals surface area contributed by atoms with Crippen LogP contribution >= 0.6 is 0 Å². The molecule has 0 saturated carbocycles. The van der Waals surface area contributed by atoms with Gasteiger partial charge < -0.3 is 24.8 Å². The maximum atomic E-state index is 13.1. The number of amides is 2. The molecule has 2 aliphatic rings. The number of rotatable bonds is 11. The highest BCUT2D eigenvalue weighted by molar-refractivity contribution is 5.90. The smallest absolute Gasteiger partial charge is 0.392 e. The third kappa shape index (κ3) is 8.97. The van der Waals surface area contributed by atoms with Crippen LogP contribution in [-0.2, 0) is 32.2 Å². The Morgan fingerprint density at radius 2 is 1.59 bits per heavy atom. The van der Waals surface area contributed by atoms with Gasteiger partial charge in [-0.05, 0) is 83.1 Å². The number of nitrogens with zero attached hydrogens (tertiary/aromatic N) is 2. The van der Waals surface area contributed by atoms with Gasteiger partial charge in [0.15, 0.2) is 6.29 Å². The van der Waals surface area contributed by atoms with Gasteiger partial charge >= 0.3 is 12.1 Å². The van der Waals surface area contributed by atoms with Crippen molar-refractivity contribution >= 4 is 22.6 Å². The number of benzene rings is 5. The highest BCUT2D eigenvalue weighted by Gasteiger charge is 2.47. The summed E-state index contributed by atoms with van der Waals surface area (Å²) in [5.41, 5.74) is 6.52. The van der Waals surface area contributed by atoms with Gasteiger partial charge in [0.25, 0.3) is 0 Å². The van der Waals surface area contributed by atoms with Crippen LogP contribution in [0.2, 0.25) is 0 Å². The minimum atomic E-state index is -5.02. The van der Waals surface area contributed by atoms with Crippen LogP contribution in [0.5, 0.6) is 0 Å². The molecule has 2 N–H and O–H groups in total. The zero-order valence-corrected chi connectivity index (χ0v) is 31.4. The lowest BCUT2D eigenvalue weighted by Crippen LogP contribution is -2.50. The normalized spacial score (nSPS) is 20.7. The summed E-state index contributed by atoms with van der Waals surface area (Å²) in [7, 11) is 2.12. The van der Waals surface area contributed by atoms with Crippen molar-refractivity contribution in [2.75, 3.05) is 20.1 Å². The number of aliphatic hydroxyl groups excluding tert-OH is 1. The molecule has 56 heavy (non-hydrogen) atoms. The molecule has 5 aromatic carbocycles. The Labute approximate surface area is 324 Å². The number of likely N-dealkylation sites (N-methyl/N-ethyl adjacent to an activating group) is 1. The lowest BCUT2D eigenvalue weighted by molar-refractivity contribution is -0.253. The number of hydrogen-bond donors (Lipinski definition) is 2. The van der Waals surface area contributed by atoms with Crippen LogP contribution in [0.3, 0.4) is 0 Å². The van der Waals surface area contributed by atoms with Gasteiger partial charge in [0, 0.05) is 37.7 Å². The summed E-state index contributed by atoms with van der Waals surface area (Å²) < 4.78 is 52.5. The van der Waals surface area contributed by atoms with Gasteiger partial charge in [0.1, 0.15) is 6.04 Å². The van der Waals surface area contributed by atoms with E-state index in [1.54, 1.807) is 0 Å². The number of carbonyl (C=O) groups excluding carboxylic acids is 2. The predicted molar refractivity (Wildman–Crippen MR) is 208 cm³/mol. The Morgan fingerprint density at radius 3 is 2.32 bits per heavy atom. The van der Waals surface area contributed by atoms with Crippen molar-refractivity contribution in [1.29, 1.82) is 0 Å². The van der Waals surface area contributed by atoms with Gasteiger partial charge in [0.05, 0.1) is 18.8 Å². The minimum absolute atomic E-state index is 0.0335. The lowest BCUT2D eigenvalue weighted by atomic mass is 9.98. The summed E-state index contributed by atoms with van der Waals surface area (Å²) in [5.74, 6) is -2.58. The van der Waals surface area contributed by atoms with Crippen molar-refractivity contribution < 1.29 is 37.3 Å². The molecule has 0 radical (unpaired) electrons. The molecule has 7 rings (SSSR count). The number of likely N-dealkylation sites (tertiary alicyclic amines) is 1. The third-order valence-electron chi connectivity index (χ3n) is 11.0. The van der Waals surface area contributed by atoms with Gasteiger partial charge in [-0.3, -0.25) is 14.5 Å². The second-order valence-electron chi connectivity index (χ2n) is 14.8. The largest absolute Gasteiger partial charge is 0.471 e. The Bertz CT molecular complexity index is 2140. The number of alkyl halides is 3. The molecule has 2 saturated heterocycles. The van der Waals surface area contributed by atoms with E-state index >= 15 is 0 Å². The molecule has 0 spiro atoms.